The van der Waals surface area contributed by atoms with Gasteiger partial charge in [-0.3, -0.25) is 4.79 Å². The maximum Gasteiger partial charge on any atom is 0.327 e. The van der Waals surface area contributed by atoms with E-state index in [9.17, 15) is 14.7 Å². The van der Waals surface area contributed by atoms with Crippen molar-refractivity contribution in [3.8, 4) is 0 Å². The number of aliphatic carboxylic acids is 2. The number of carboxylic acids is 2. The highest BCUT2D eigenvalue weighted by Crippen LogP contribution is 2.76. The van der Waals surface area contributed by atoms with Crippen molar-refractivity contribution in [2.45, 2.75) is 34.6 Å². The van der Waals surface area contributed by atoms with Crippen molar-refractivity contribution in [3.63, 3.8) is 0 Å². The van der Waals surface area contributed by atoms with E-state index in [0.29, 0.717) is 0 Å². The van der Waals surface area contributed by atoms with Gasteiger partial charge in [0.25, 0.3) is 0 Å². The van der Waals surface area contributed by atoms with E-state index in [1.54, 1.807) is 0 Å². The van der Waals surface area contributed by atoms with Gasteiger partial charge >= 0.3 is 11.9 Å². The van der Waals surface area contributed by atoms with Crippen molar-refractivity contribution < 1.29 is 19.8 Å². The molecule has 1 aliphatic rings. The number of carbonyl (C=O) groups is 2. The third-order valence-corrected chi connectivity index (χ3v) is 4.13. The summed E-state index contributed by atoms with van der Waals surface area (Å²) in [5, 5.41) is 18.2. The molecule has 0 aromatic heterocycles. The molecule has 1 fully saturated rings. The summed E-state index contributed by atoms with van der Waals surface area (Å²) in [6.45, 7) is 9.42. The number of rotatable bonds is 3. The van der Waals surface area contributed by atoms with Crippen LogP contribution in [0.15, 0.2) is 12.2 Å². The van der Waals surface area contributed by atoms with Crippen LogP contribution in [0.5, 0.6) is 0 Å². The first kappa shape index (κ1) is 13.7. The first-order valence-electron chi connectivity index (χ1n) is 5.64. The SMILES string of the molecule is CC(C)(C)[C@]1(C(=O)O)[C@@H](C=CC(=O)O)C1(C)C. The number of carboxylic acid groups (broad SMARTS) is 2. The molecule has 0 aliphatic heterocycles. The first-order valence-corrected chi connectivity index (χ1v) is 5.64. The molecule has 0 aromatic rings. The minimum atomic E-state index is -1.04. The van der Waals surface area contributed by atoms with Gasteiger partial charge in [-0.25, -0.2) is 4.79 Å². The molecular formula is C13H20O4. The van der Waals surface area contributed by atoms with Crippen LogP contribution in [0.4, 0.5) is 0 Å². The van der Waals surface area contributed by atoms with E-state index >= 15 is 0 Å². The molecule has 2 atom stereocenters. The zero-order valence-electron chi connectivity index (χ0n) is 10.9. The molecule has 4 heteroatoms. The van der Waals surface area contributed by atoms with Crippen LogP contribution in [0.2, 0.25) is 0 Å². The smallest absolute Gasteiger partial charge is 0.327 e. The molecule has 0 spiro atoms. The quantitative estimate of drug-likeness (QED) is 0.743. The van der Waals surface area contributed by atoms with Crippen LogP contribution in [0.3, 0.4) is 0 Å². The molecule has 0 unspecified atom stereocenters. The van der Waals surface area contributed by atoms with Crippen molar-refractivity contribution in [2.24, 2.45) is 22.2 Å². The molecule has 4 nitrogen and oxygen atoms in total. The molecule has 0 radical (unpaired) electrons. The fraction of sp³-hybridized carbons (Fsp3) is 0.692. The Labute approximate surface area is 101 Å². The monoisotopic (exact) mass is 240 g/mol. The van der Waals surface area contributed by atoms with E-state index < -0.39 is 28.2 Å². The number of hydrogen-bond acceptors (Lipinski definition) is 2. The summed E-state index contributed by atoms with van der Waals surface area (Å²) in [5.41, 5.74) is -1.75. The van der Waals surface area contributed by atoms with Crippen LogP contribution in [0.25, 0.3) is 0 Å². The van der Waals surface area contributed by atoms with Gasteiger partial charge in [-0.15, -0.1) is 0 Å². The topological polar surface area (TPSA) is 74.6 Å². The molecule has 0 heterocycles. The zero-order valence-corrected chi connectivity index (χ0v) is 10.9. The predicted octanol–water partition coefficient (Wildman–Crippen LogP) is 2.40. The lowest BCUT2D eigenvalue weighted by Gasteiger charge is -2.30. The molecular weight excluding hydrogens is 220 g/mol. The summed E-state index contributed by atoms with van der Waals surface area (Å²) in [4.78, 5) is 22.2. The molecule has 0 amide bonds. The highest BCUT2D eigenvalue weighted by atomic mass is 16.4. The number of hydrogen-bond donors (Lipinski definition) is 2. The molecule has 0 aromatic carbocycles. The van der Waals surface area contributed by atoms with Crippen molar-refractivity contribution in [1.82, 2.24) is 0 Å². The Morgan fingerprint density at radius 1 is 1.18 bits per heavy atom. The molecule has 0 bridgehead atoms. The molecule has 17 heavy (non-hydrogen) atoms. The second kappa shape index (κ2) is 3.59. The average Bonchev–Trinajstić information content (AvgIpc) is 2.58. The van der Waals surface area contributed by atoms with Crippen molar-refractivity contribution in [1.29, 1.82) is 0 Å². The Bertz CT molecular complexity index is 387. The van der Waals surface area contributed by atoms with Gasteiger partial charge in [0.1, 0.15) is 0 Å². The summed E-state index contributed by atoms with van der Waals surface area (Å²) in [6, 6.07) is 0. The molecule has 1 saturated carbocycles. The Hall–Kier alpha value is -1.32. The minimum Gasteiger partial charge on any atom is -0.481 e. The lowest BCUT2D eigenvalue weighted by Crippen LogP contribution is -2.35. The normalized spacial score (nSPS) is 31.5. The Morgan fingerprint density at radius 2 is 1.65 bits per heavy atom. The third-order valence-electron chi connectivity index (χ3n) is 4.13. The highest BCUT2D eigenvalue weighted by molar-refractivity contribution is 5.84. The summed E-state index contributed by atoms with van der Waals surface area (Å²) < 4.78 is 0. The Kier molecular flexibility index (Phi) is 2.90. The van der Waals surface area contributed by atoms with Gasteiger partial charge in [-0.2, -0.15) is 0 Å². The lowest BCUT2D eigenvalue weighted by molar-refractivity contribution is -0.150. The van der Waals surface area contributed by atoms with Crippen molar-refractivity contribution >= 4 is 11.9 Å². The largest absolute Gasteiger partial charge is 0.481 e. The second-order valence-electron chi connectivity index (χ2n) is 6.26. The van der Waals surface area contributed by atoms with Crippen LogP contribution >= 0.6 is 0 Å². The van der Waals surface area contributed by atoms with Crippen molar-refractivity contribution in [3.05, 3.63) is 12.2 Å². The molecule has 2 N–H and O–H groups in total. The predicted molar refractivity (Wildman–Crippen MR) is 63.6 cm³/mol. The van der Waals surface area contributed by atoms with Crippen LogP contribution in [0.1, 0.15) is 34.6 Å². The fourth-order valence-corrected chi connectivity index (χ4v) is 3.53. The minimum absolute atomic E-state index is 0.247. The van der Waals surface area contributed by atoms with Crippen LogP contribution < -0.4 is 0 Å². The number of allylic oxidation sites excluding steroid dienone is 1. The van der Waals surface area contributed by atoms with Gasteiger partial charge in [0.05, 0.1) is 5.41 Å². The van der Waals surface area contributed by atoms with Crippen LogP contribution in [-0.4, -0.2) is 22.2 Å². The maximum absolute atomic E-state index is 11.6. The van der Waals surface area contributed by atoms with E-state index in [2.05, 4.69) is 0 Å². The van der Waals surface area contributed by atoms with Crippen molar-refractivity contribution in [2.75, 3.05) is 0 Å². The molecule has 0 saturated heterocycles. The maximum atomic E-state index is 11.6. The summed E-state index contributed by atoms with van der Waals surface area (Å²) in [7, 11) is 0. The van der Waals surface area contributed by atoms with Gasteiger partial charge < -0.3 is 10.2 Å². The summed E-state index contributed by atoms with van der Waals surface area (Å²) in [6.07, 6.45) is 2.56. The second-order valence-corrected chi connectivity index (χ2v) is 6.26. The zero-order chi connectivity index (χ0) is 13.6. The first-order chi connectivity index (χ1) is 7.49. The summed E-state index contributed by atoms with van der Waals surface area (Å²) >= 11 is 0. The molecule has 1 rings (SSSR count). The Morgan fingerprint density at radius 3 is 1.88 bits per heavy atom. The third kappa shape index (κ3) is 1.66. The van der Waals surface area contributed by atoms with E-state index in [0.717, 1.165) is 6.08 Å². The molecule has 1 aliphatic carbocycles. The molecule has 96 valence electrons. The standard InChI is InChI=1S/C13H20O4/c1-11(2,3)13(10(16)17)8(12(13,4)5)6-7-9(14)15/h6-8H,1-5H3,(H,14,15)(H,16,17)/t8-,13+/m0/s1. The average molecular weight is 240 g/mol. The highest BCUT2D eigenvalue weighted by Gasteiger charge is 2.79. The van der Waals surface area contributed by atoms with Crippen LogP contribution in [-0.2, 0) is 9.59 Å². The van der Waals surface area contributed by atoms with E-state index in [1.807, 2.05) is 34.6 Å². The van der Waals surface area contributed by atoms with Gasteiger partial charge in [0, 0.05) is 12.0 Å². The summed E-state index contributed by atoms with van der Waals surface area (Å²) in [5.74, 6) is -2.14. The van der Waals surface area contributed by atoms with E-state index in [1.165, 1.54) is 6.08 Å². The Balaban J connectivity index is 3.19. The fourth-order valence-electron chi connectivity index (χ4n) is 3.53. The van der Waals surface area contributed by atoms with Gasteiger partial charge in [0.15, 0.2) is 0 Å². The van der Waals surface area contributed by atoms with E-state index in [4.69, 9.17) is 5.11 Å². The van der Waals surface area contributed by atoms with Gasteiger partial charge in [-0.05, 0) is 10.8 Å². The van der Waals surface area contributed by atoms with Gasteiger partial charge in [-0.1, -0.05) is 40.7 Å². The lowest BCUT2D eigenvalue weighted by atomic mass is 9.72. The van der Waals surface area contributed by atoms with Crippen LogP contribution in [0, 0.1) is 22.2 Å². The van der Waals surface area contributed by atoms with E-state index in [-0.39, 0.29) is 5.92 Å². The van der Waals surface area contributed by atoms with Gasteiger partial charge in [0.2, 0.25) is 0 Å².